The van der Waals surface area contributed by atoms with Crippen molar-refractivity contribution in [3.63, 3.8) is 0 Å². The van der Waals surface area contributed by atoms with Crippen molar-refractivity contribution in [2.75, 3.05) is 13.7 Å². The van der Waals surface area contributed by atoms with Crippen LogP contribution in [0.1, 0.15) is 86.1 Å². The first kappa shape index (κ1) is 25.8. The zero-order valence-corrected chi connectivity index (χ0v) is 20.7. The Morgan fingerprint density at radius 2 is 1.91 bits per heavy atom. The molecule has 1 aliphatic rings. The van der Waals surface area contributed by atoms with Gasteiger partial charge in [0.25, 0.3) is 0 Å². The van der Waals surface area contributed by atoms with E-state index in [1.165, 1.54) is 48.8 Å². The van der Waals surface area contributed by atoms with E-state index in [1.54, 1.807) is 7.11 Å². The van der Waals surface area contributed by atoms with Crippen molar-refractivity contribution in [2.24, 2.45) is 5.16 Å². The molecule has 0 unspecified atom stereocenters. The predicted molar refractivity (Wildman–Crippen MR) is 136 cm³/mol. The summed E-state index contributed by atoms with van der Waals surface area (Å²) in [6, 6.07) is 12.7. The summed E-state index contributed by atoms with van der Waals surface area (Å²) in [6.45, 7) is 5.58. The van der Waals surface area contributed by atoms with Crippen LogP contribution in [0.3, 0.4) is 0 Å². The molecule has 0 saturated heterocycles. The fourth-order valence-corrected chi connectivity index (χ4v) is 4.62. The van der Waals surface area contributed by atoms with Gasteiger partial charge in [-0.15, -0.1) is 0 Å². The molecule has 34 heavy (non-hydrogen) atoms. The lowest BCUT2D eigenvalue weighted by molar-refractivity contribution is -0.136. The van der Waals surface area contributed by atoms with Crippen LogP contribution in [0.15, 0.2) is 41.6 Å². The second kappa shape index (κ2) is 13.1. The van der Waals surface area contributed by atoms with E-state index >= 15 is 0 Å². The number of nitrogens with one attached hydrogen (secondary N) is 1. The quantitative estimate of drug-likeness (QED) is 0.234. The topological polar surface area (TPSA) is 80.2 Å². The zero-order chi connectivity index (χ0) is 24.3. The Morgan fingerprint density at radius 3 is 2.62 bits per heavy atom. The lowest BCUT2D eigenvalue weighted by Crippen LogP contribution is -2.18. The van der Waals surface area contributed by atoms with Crippen molar-refractivity contribution in [1.82, 2.24) is 5.32 Å². The summed E-state index contributed by atoms with van der Waals surface area (Å²) in [5.41, 5.74) is 6.61. The number of methoxy groups -OCH3 is 1. The van der Waals surface area contributed by atoms with E-state index in [2.05, 4.69) is 47.7 Å². The first-order valence-corrected chi connectivity index (χ1v) is 12.4. The van der Waals surface area contributed by atoms with Crippen LogP contribution in [-0.4, -0.2) is 30.4 Å². The number of carboxylic acids is 1. The first-order valence-electron chi connectivity index (χ1n) is 12.4. The highest BCUT2D eigenvalue weighted by Crippen LogP contribution is 2.37. The van der Waals surface area contributed by atoms with Gasteiger partial charge in [-0.2, -0.15) is 0 Å². The minimum Gasteiger partial charge on any atom is -0.496 e. The normalized spacial score (nSPS) is 14.7. The van der Waals surface area contributed by atoms with Crippen LogP contribution in [0.2, 0.25) is 0 Å². The Labute approximate surface area is 203 Å². The molecule has 0 aromatic heterocycles. The number of oxime groups is 1. The maximum absolute atomic E-state index is 10.7. The maximum Gasteiger partial charge on any atom is 0.304 e. The molecule has 6 heteroatoms. The fraction of sp³-hybridized carbons (Fsp3) is 0.500. The molecule has 2 aromatic rings. The van der Waals surface area contributed by atoms with Gasteiger partial charge in [0.1, 0.15) is 12.4 Å². The summed E-state index contributed by atoms with van der Waals surface area (Å²) in [5.74, 6) is 0.764. The van der Waals surface area contributed by atoms with Crippen LogP contribution in [0.25, 0.3) is 0 Å². The number of nitrogens with zero attached hydrogens (tertiary/aromatic N) is 1. The molecular formula is C28H38N2O4. The van der Waals surface area contributed by atoms with E-state index in [1.807, 2.05) is 13.0 Å². The standard InChI is InChI=1S/C28H38N2O4/c1-4-22-17-24(11-12-25(22)18-29-15-14-28(31)32)20(2)30-34-19-21-10-13-26(27(16-21)33-3)23-8-6-5-7-9-23/h10-13,16-17,23,29H,4-9,14-15,18-19H2,1-3H3,(H,31,32)/b30-20-. The van der Waals surface area contributed by atoms with Crippen LogP contribution in [-0.2, 0) is 29.2 Å². The van der Waals surface area contributed by atoms with Crippen molar-refractivity contribution < 1.29 is 19.5 Å². The van der Waals surface area contributed by atoms with Crippen LogP contribution < -0.4 is 10.1 Å². The number of ether oxygens (including phenoxy) is 1. The number of rotatable bonds is 12. The van der Waals surface area contributed by atoms with E-state index in [0.717, 1.165) is 29.0 Å². The molecule has 1 fully saturated rings. The molecule has 2 aromatic carbocycles. The largest absolute Gasteiger partial charge is 0.496 e. The van der Waals surface area contributed by atoms with Crippen molar-refractivity contribution in [3.8, 4) is 5.75 Å². The van der Waals surface area contributed by atoms with Gasteiger partial charge in [0.05, 0.1) is 19.2 Å². The number of benzene rings is 2. The molecule has 6 nitrogen and oxygen atoms in total. The minimum absolute atomic E-state index is 0.123. The average molecular weight is 467 g/mol. The molecule has 0 amide bonds. The zero-order valence-electron chi connectivity index (χ0n) is 20.7. The summed E-state index contributed by atoms with van der Waals surface area (Å²) in [4.78, 5) is 16.4. The number of hydrogen-bond acceptors (Lipinski definition) is 5. The Balaban J connectivity index is 1.59. The summed E-state index contributed by atoms with van der Waals surface area (Å²) in [5, 5.41) is 16.3. The van der Waals surface area contributed by atoms with E-state index in [0.29, 0.717) is 25.6 Å². The molecule has 184 valence electrons. The van der Waals surface area contributed by atoms with Gasteiger partial charge in [0, 0.05) is 13.1 Å². The molecule has 0 atom stereocenters. The van der Waals surface area contributed by atoms with E-state index in [-0.39, 0.29) is 6.42 Å². The van der Waals surface area contributed by atoms with Crippen molar-refractivity contribution >= 4 is 11.7 Å². The number of hydrogen-bond donors (Lipinski definition) is 2. The molecule has 1 aliphatic carbocycles. The first-order chi connectivity index (χ1) is 16.5. The van der Waals surface area contributed by atoms with E-state index in [4.69, 9.17) is 14.7 Å². The molecular weight excluding hydrogens is 428 g/mol. The number of aliphatic carboxylic acids is 1. The highest BCUT2D eigenvalue weighted by molar-refractivity contribution is 5.98. The summed E-state index contributed by atoms with van der Waals surface area (Å²) >= 11 is 0. The fourth-order valence-electron chi connectivity index (χ4n) is 4.62. The predicted octanol–water partition coefficient (Wildman–Crippen LogP) is 5.81. The second-order valence-corrected chi connectivity index (χ2v) is 9.02. The SMILES string of the molecule is CCc1cc(/C(C)=N\OCc2ccc(C3CCCCC3)c(OC)c2)ccc1CNCCC(=O)O. The van der Waals surface area contributed by atoms with Gasteiger partial charge in [-0.05, 0) is 72.1 Å². The van der Waals surface area contributed by atoms with Gasteiger partial charge in [-0.25, -0.2) is 0 Å². The number of carboxylic acid groups (broad SMARTS) is 1. The number of aryl methyl sites for hydroxylation is 1. The van der Waals surface area contributed by atoms with Gasteiger partial charge in [-0.1, -0.05) is 55.6 Å². The van der Waals surface area contributed by atoms with Crippen LogP contribution >= 0.6 is 0 Å². The Bertz CT molecular complexity index is 980. The highest BCUT2D eigenvalue weighted by atomic mass is 16.6. The van der Waals surface area contributed by atoms with Crippen molar-refractivity contribution in [3.05, 3.63) is 64.2 Å². The molecule has 0 radical (unpaired) electrons. The minimum atomic E-state index is -0.788. The van der Waals surface area contributed by atoms with E-state index in [9.17, 15) is 4.79 Å². The Kier molecular flexibility index (Phi) is 9.95. The third-order valence-electron chi connectivity index (χ3n) is 6.61. The monoisotopic (exact) mass is 466 g/mol. The lowest BCUT2D eigenvalue weighted by atomic mass is 9.83. The molecule has 0 heterocycles. The molecule has 1 saturated carbocycles. The van der Waals surface area contributed by atoms with Crippen LogP contribution in [0.5, 0.6) is 5.75 Å². The van der Waals surface area contributed by atoms with Crippen molar-refractivity contribution in [1.29, 1.82) is 0 Å². The molecule has 0 spiro atoms. The van der Waals surface area contributed by atoms with Crippen molar-refractivity contribution in [2.45, 2.75) is 77.9 Å². The molecule has 0 aliphatic heterocycles. The van der Waals surface area contributed by atoms with E-state index < -0.39 is 5.97 Å². The summed E-state index contributed by atoms with van der Waals surface area (Å²) in [7, 11) is 1.74. The maximum atomic E-state index is 10.7. The summed E-state index contributed by atoms with van der Waals surface area (Å²) in [6.07, 6.45) is 7.44. The molecule has 3 rings (SSSR count). The summed E-state index contributed by atoms with van der Waals surface area (Å²) < 4.78 is 5.69. The third-order valence-corrected chi connectivity index (χ3v) is 6.61. The smallest absolute Gasteiger partial charge is 0.304 e. The second-order valence-electron chi connectivity index (χ2n) is 9.02. The van der Waals surface area contributed by atoms with Gasteiger partial charge < -0.3 is 20.0 Å². The lowest BCUT2D eigenvalue weighted by Gasteiger charge is -2.24. The Hall–Kier alpha value is -2.86. The Morgan fingerprint density at radius 1 is 1.12 bits per heavy atom. The van der Waals surface area contributed by atoms with Gasteiger partial charge in [0.15, 0.2) is 0 Å². The van der Waals surface area contributed by atoms with Gasteiger partial charge >= 0.3 is 5.97 Å². The van der Waals surface area contributed by atoms with Crippen LogP contribution in [0, 0.1) is 0 Å². The van der Waals surface area contributed by atoms with Gasteiger partial charge in [-0.3, -0.25) is 4.79 Å². The molecule has 2 N–H and O–H groups in total. The van der Waals surface area contributed by atoms with Gasteiger partial charge in [0.2, 0.25) is 0 Å². The van der Waals surface area contributed by atoms with Crippen LogP contribution in [0.4, 0.5) is 0 Å². The highest BCUT2D eigenvalue weighted by Gasteiger charge is 2.19. The number of carbonyl (C=O) groups is 1. The molecule has 0 bridgehead atoms. The average Bonchev–Trinajstić information content (AvgIpc) is 2.86. The third kappa shape index (κ3) is 7.32.